The van der Waals surface area contributed by atoms with Gasteiger partial charge in [-0.25, -0.2) is 0 Å². The molecule has 0 saturated carbocycles. The molecule has 0 aliphatic carbocycles. The number of ketones is 1. The molecule has 0 N–H and O–H groups in total. The van der Waals surface area contributed by atoms with Gasteiger partial charge < -0.3 is 4.52 Å². The van der Waals surface area contributed by atoms with Crippen LogP contribution < -0.4 is 0 Å². The van der Waals surface area contributed by atoms with Crippen molar-refractivity contribution in [3.05, 3.63) is 30.4 Å². The molecule has 2 aromatic rings. The molecule has 94 valence electrons. The Morgan fingerprint density at radius 3 is 2.56 bits per heavy atom. The fourth-order valence-electron chi connectivity index (χ4n) is 1.18. The monoisotopic (exact) mass is 257 g/mol. The van der Waals surface area contributed by atoms with E-state index in [9.17, 15) is 18.0 Å². The van der Waals surface area contributed by atoms with Gasteiger partial charge in [0.05, 0.1) is 6.42 Å². The highest BCUT2D eigenvalue weighted by molar-refractivity contribution is 5.85. The Balaban J connectivity index is 2.15. The summed E-state index contributed by atoms with van der Waals surface area (Å²) in [7, 11) is 0. The molecule has 2 rings (SSSR count). The van der Waals surface area contributed by atoms with Gasteiger partial charge >= 0.3 is 6.18 Å². The van der Waals surface area contributed by atoms with E-state index < -0.39 is 18.4 Å². The zero-order valence-corrected chi connectivity index (χ0v) is 8.81. The van der Waals surface area contributed by atoms with Crippen molar-refractivity contribution in [1.82, 2.24) is 15.1 Å². The van der Waals surface area contributed by atoms with Crippen LogP contribution in [0.3, 0.4) is 0 Å². The lowest BCUT2D eigenvalue weighted by Crippen LogP contribution is -2.24. The van der Waals surface area contributed by atoms with Crippen molar-refractivity contribution in [2.24, 2.45) is 0 Å². The maximum atomic E-state index is 12.0. The van der Waals surface area contributed by atoms with E-state index in [1.54, 1.807) is 12.1 Å². The van der Waals surface area contributed by atoms with Gasteiger partial charge in [-0.1, -0.05) is 5.16 Å². The van der Waals surface area contributed by atoms with Gasteiger partial charge in [0.2, 0.25) is 17.5 Å². The highest BCUT2D eigenvalue weighted by Gasteiger charge is 2.39. The second kappa shape index (κ2) is 4.55. The van der Waals surface area contributed by atoms with Crippen molar-refractivity contribution >= 4 is 5.78 Å². The van der Waals surface area contributed by atoms with Gasteiger partial charge in [-0.15, -0.1) is 0 Å². The predicted molar refractivity (Wildman–Crippen MR) is 52.3 cm³/mol. The van der Waals surface area contributed by atoms with E-state index in [1.807, 2.05) is 0 Å². The highest BCUT2D eigenvalue weighted by Crippen LogP contribution is 2.19. The average Bonchev–Trinajstić information content (AvgIpc) is 2.77. The minimum Gasteiger partial charge on any atom is -0.338 e. The van der Waals surface area contributed by atoms with E-state index in [4.69, 9.17) is 0 Å². The van der Waals surface area contributed by atoms with Gasteiger partial charge in [0.1, 0.15) is 0 Å². The lowest BCUT2D eigenvalue weighted by molar-refractivity contribution is -0.170. The van der Waals surface area contributed by atoms with E-state index in [2.05, 4.69) is 19.6 Å². The average molecular weight is 257 g/mol. The molecule has 0 radical (unpaired) electrons. The third-order valence-corrected chi connectivity index (χ3v) is 2.03. The largest absolute Gasteiger partial charge is 0.450 e. The lowest BCUT2D eigenvalue weighted by Gasteiger charge is -2.00. The molecule has 0 aliphatic heterocycles. The number of Topliss-reactive ketones (excluding diaryl/α,β-unsaturated/α-hetero) is 1. The number of alkyl halides is 3. The number of nitrogens with zero attached hydrogens (tertiary/aromatic N) is 3. The summed E-state index contributed by atoms with van der Waals surface area (Å²) in [6.45, 7) is 0. The van der Waals surface area contributed by atoms with Crippen LogP contribution in [0.15, 0.2) is 29.0 Å². The van der Waals surface area contributed by atoms with Crippen molar-refractivity contribution in [2.45, 2.75) is 12.6 Å². The molecule has 0 aliphatic rings. The zero-order chi connectivity index (χ0) is 13.2. The van der Waals surface area contributed by atoms with Crippen LogP contribution in [0, 0.1) is 0 Å². The smallest absolute Gasteiger partial charge is 0.338 e. The van der Waals surface area contributed by atoms with Crippen molar-refractivity contribution in [3.8, 4) is 11.4 Å². The molecule has 0 fully saturated rings. The summed E-state index contributed by atoms with van der Waals surface area (Å²) in [6, 6.07) is 3.14. The fourth-order valence-corrected chi connectivity index (χ4v) is 1.18. The molecule has 0 aromatic carbocycles. The molecule has 0 amide bonds. The topological polar surface area (TPSA) is 68.9 Å². The van der Waals surface area contributed by atoms with Crippen molar-refractivity contribution < 1.29 is 22.5 Å². The van der Waals surface area contributed by atoms with Crippen LogP contribution in [-0.4, -0.2) is 27.1 Å². The number of hydrogen-bond acceptors (Lipinski definition) is 5. The summed E-state index contributed by atoms with van der Waals surface area (Å²) >= 11 is 0. The van der Waals surface area contributed by atoms with E-state index in [1.165, 1.54) is 12.4 Å². The van der Waals surface area contributed by atoms with Crippen molar-refractivity contribution in [2.75, 3.05) is 0 Å². The van der Waals surface area contributed by atoms with Gasteiger partial charge in [-0.2, -0.15) is 18.2 Å². The summed E-state index contributed by atoms with van der Waals surface area (Å²) < 4.78 is 40.6. The molecule has 0 atom stereocenters. The first kappa shape index (κ1) is 12.2. The van der Waals surface area contributed by atoms with Crippen LogP contribution in [0.2, 0.25) is 0 Å². The molecule has 2 aromatic heterocycles. The molecule has 0 bridgehead atoms. The standard InChI is InChI=1S/C10H6F3N3O2/c11-10(12,13)7(17)5-8-15-9(16-18-8)6-1-3-14-4-2-6/h1-4H,5H2. The van der Waals surface area contributed by atoms with E-state index in [-0.39, 0.29) is 11.7 Å². The molecular formula is C10H6F3N3O2. The van der Waals surface area contributed by atoms with Crippen LogP contribution in [0.4, 0.5) is 13.2 Å². The van der Waals surface area contributed by atoms with Crippen molar-refractivity contribution in [1.29, 1.82) is 0 Å². The Labute approximate surface area is 98.6 Å². The summed E-state index contributed by atoms with van der Waals surface area (Å²) in [5.74, 6) is -2.18. The first-order chi connectivity index (χ1) is 8.47. The summed E-state index contributed by atoms with van der Waals surface area (Å²) in [4.78, 5) is 18.2. The normalized spacial score (nSPS) is 11.5. The van der Waals surface area contributed by atoms with E-state index >= 15 is 0 Å². The first-order valence-electron chi connectivity index (χ1n) is 4.80. The molecule has 5 nitrogen and oxygen atoms in total. The van der Waals surface area contributed by atoms with Crippen LogP contribution in [-0.2, 0) is 11.2 Å². The van der Waals surface area contributed by atoms with Crippen LogP contribution >= 0.6 is 0 Å². The minimum atomic E-state index is -4.90. The first-order valence-corrected chi connectivity index (χ1v) is 4.80. The Kier molecular flexibility index (Phi) is 3.09. The number of rotatable bonds is 3. The second-order valence-corrected chi connectivity index (χ2v) is 3.35. The maximum Gasteiger partial charge on any atom is 0.450 e. The maximum absolute atomic E-state index is 12.0. The molecule has 8 heteroatoms. The quantitative estimate of drug-likeness (QED) is 0.838. The molecule has 0 saturated heterocycles. The molecule has 0 spiro atoms. The predicted octanol–water partition coefficient (Wildman–Crippen LogP) is 1.81. The number of halogens is 3. The SMILES string of the molecule is O=C(Cc1nc(-c2ccncc2)no1)C(F)(F)F. The number of aromatic nitrogens is 3. The Bertz CT molecular complexity index is 551. The van der Waals surface area contributed by atoms with Crippen LogP contribution in [0.5, 0.6) is 0 Å². The van der Waals surface area contributed by atoms with Gasteiger partial charge in [-0.05, 0) is 12.1 Å². The zero-order valence-electron chi connectivity index (χ0n) is 8.81. The number of carbonyl (C=O) groups excluding carboxylic acids is 1. The molecule has 18 heavy (non-hydrogen) atoms. The Morgan fingerprint density at radius 2 is 1.94 bits per heavy atom. The van der Waals surface area contributed by atoms with Gasteiger partial charge in [0, 0.05) is 18.0 Å². The fraction of sp³-hybridized carbons (Fsp3) is 0.200. The van der Waals surface area contributed by atoms with Crippen LogP contribution in [0.25, 0.3) is 11.4 Å². The molecular weight excluding hydrogens is 251 g/mol. The third-order valence-electron chi connectivity index (χ3n) is 2.03. The van der Waals surface area contributed by atoms with Gasteiger partial charge in [0.15, 0.2) is 0 Å². The van der Waals surface area contributed by atoms with Gasteiger partial charge in [0.25, 0.3) is 0 Å². The Morgan fingerprint density at radius 1 is 1.28 bits per heavy atom. The summed E-state index contributed by atoms with van der Waals surface area (Å²) in [5, 5.41) is 3.49. The lowest BCUT2D eigenvalue weighted by atomic mass is 10.2. The van der Waals surface area contributed by atoms with E-state index in [0.29, 0.717) is 5.56 Å². The van der Waals surface area contributed by atoms with Gasteiger partial charge in [-0.3, -0.25) is 9.78 Å². The van der Waals surface area contributed by atoms with E-state index in [0.717, 1.165) is 0 Å². The number of hydrogen-bond donors (Lipinski definition) is 0. The van der Waals surface area contributed by atoms with Crippen LogP contribution in [0.1, 0.15) is 5.89 Å². The molecule has 2 heterocycles. The summed E-state index contributed by atoms with van der Waals surface area (Å²) in [6.07, 6.45) is -2.90. The summed E-state index contributed by atoms with van der Waals surface area (Å²) in [5.41, 5.74) is 0.541. The minimum absolute atomic E-state index is 0.113. The highest BCUT2D eigenvalue weighted by atomic mass is 19.4. The Hall–Kier alpha value is -2.25. The number of carbonyl (C=O) groups is 1. The second-order valence-electron chi connectivity index (χ2n) is 3.35. The third kappa shape index (κ3) is 2.70. The number of pyridine rings is 1. The van der Waals surface area contributed by atoms with Crippen molar-refractivity contribution in [3.63, 3.8) is 0 Å². The molecule has 0 unspecified atom stereocenters.